The van der Waals surface area contributed by atoms with Crippen molar-refractivity contribution in [3.8, 4) is 0 Å². The third kappa shape index (κ3) is 3.74. The number of likely N-dealkylation sites (tertiary alicyclic amines) is 1. The number of nitrogens with zero attached hydrogens (tertiary/aromatic N) is 2. The van der Waals surface area contributed by atoms with Crippen LogP contribution in [0.15, 0.2) is 53.1 Å². The van der Waals surface area contributed by atoms with Gasteiger partial charge in [0.05, 0.1) is 5.69 Å². The molecule has 0 saturated carbocycles. The van der Waals surface area contributed by atoms with E-state index in [0.29, 0.717) is 11.5 Å². The Bertz CT molecular complexity index is 822. The molecule has 0 atom stereocenters. The Labute approximate surface area is 147 Å². The molecule has 0 N–H and O–H groups in total. The van der Waals surface area contributed by atoms with Crippen LogP contribution in [0.5, 0.6) is 0 Å². The smallest absolute Gasteiger partial charge is 0.170 e. The molecule has 4 rings (SSSR count). The molecule has 0 spiro atoms. The highest BCUT2D eigenvalue weighted by Gasteiger charge is 2.20. The van der Waals surface area contributed by atoms with Crippen LogP contribution in [0.2, 0.25) is 0 Å². The number of aromatic nitrogens is 1. The lowest BCUT2D eigenvalue weighted by molar-refractivity contribution is 0.210. The van der Waals surface area contributed by atoms with E-state index in [1.807, 2.05) is 0 Å². The lowest BCUT2D eigenvalue weighted by Crippen LogP contribution is -2.33. The van der Waals surface area contributed by atoms with Crippen LogP contribution in [0.1, 0.15) is 36.4 Å². The molecule has 1 aliphatic rings. The highest BCUT2D eigenvalue weighted by Crippen LogP contribution is 2.28. The molecule has 0 amide bonds. The maximum Gasteiger partial charge on any atom is 0.170 e. The summed E-state index contributed by atoms with van der Waals surface area (Å²) in [5.74, 6) is 0.420. The summed E-state index contributed by atoms with van der Waals surface area (Å²) in [5.41, 5.74) is 2.95. The highest BCUT2D eigenvalue weighted by atomic mass is 19.1. The number of hydrogen-bond acceptors (Lipinski definition) is 3. The number of aryl methyl sites for hydroxylation is 1. The summed E-state index contributed by atoms with van der Waals surface area (Å²) in [6.07, 6.45) is 4.39. The first-order valence-electron chi connectivity index (χ1n) is 9.11. The number of halogens is 1. The number of fused-ring (bicyclic) bond motifs is 1. The molecular weight excluding hydrogens is 315 g/mol. The van der Waals surface area contributed by atoms with Crippen LogP contribution in [0, 0.1) is 5.82 Å². The zero-order valence-corrected chi connectivity index (χ0v) is 14.3. The summed E-state index contributed by atoms with van der Waals surface area (Å²) < 4.78 is 18.4. The van der Waals surface area contributed by atoms with Gasteiger partial charge < -0.3 is 9.42 Å². The summed E-state index contributed by atoms with van der Waals surface area (Å²) in [6, 6.07) is 15.5. The number of piperidine rings is 1. The van der Waals surface area contributed by atoms with Crippen molar-refractivity contribution in [2.24, 2.45) is 0 Å². The molecule has 1 aromatic heterocycles. The Morgan fingerprint density at radius 2 is 1.88 bits per heavy atom. The van der Waals surface area contributed by atoms with Gasteiger partial charge in [0.2, 0.25) is 0 Å². The molecule has 0 bridgehead atoms. The molecule has 3 nitrogen and oxygen atoms in total. The lowest BCUT2D eigenvalue weighted by Gasteiger charge is -2.32. The molecule has 1 saturated heterocycles. The summed E-state index contributed by atoms with van der Waals surface area (Å²) >= 11 is 0. The van der Waals surface area contributed by atoms with Crippen molar-refractivity contribution in [3.63, 3.8) is 0 Å². The van der Waals surface area contributed by atoms with Gasteiger partial charge in [-0.3, -0.25) is 0 Å². The first-order valence-corrected chi connectivity index (χ1v) is 9.11. The van der Waals surface area contributed by atoms with Gasteiger partial charge in [-0.15, -0.1) is 0 Å². The van der Waals surface area contributed by atoms with Gasteiger partial charge in [-0.25, -0.2) is 4.39 Å². The van der Waals surface area contributed by atoms with Crippen LogP contribution in [0.3, 0.4) is 0 Å². The molecule has 0 aliphatic carbocycles. The van der Waals surface area contributed by atoms with Gasteiger partial charge in [-0.2, -0.15) is 0 Å². The fourth-order valence-electron chi connectivity index (χ4n) is 3.83. The van der Waals surface area contributed by atoms with Crippen LogP contribution in [0.25, 0.3) is 11.0 Å². The van der Waals surface area contributed by atoms with E-state index in [4.69, 9.17) is 4.52 Å². The Balaban J connectivity index is 1.27. The van der Waals surface area contributed by atoms with Crippen molar-refractivity contribution in [1.29, 1.82) is 0 Å². The zero-order valence-electron chi connectivity index (χ0n) is 14.3. The molecular formula is C21H23FN2O. The standard InChI is InChI=1S/C21H23FN2O/c22-18-8-9-19-20(23-25-21(19)15-18)7-4-12-24-13-10-17(11-14-24)16-5-2-1-3-6-16/h1-3,5-6,8-9,15,17H,4,7,10-14H2. The van der Waals surface area contributed by atoms with Crippen LogP contribution in [0.4, 0.5) is 4.39 Å². The first kappa shape index (κ1) is 16.3. The molecule has 2 aromatic carbocycles. The molecule has 1 fully saturated rings. The molecule has 0 radical (unpaired) electrons. The van der Waals surface area contributed by atoms with Crippen molar-refractivity contribution >= 4 is 11.0 Å². The fraction of sp³-hybridized carbons (Fsp3) is 0.381. The predicted molar refractivity (Wildman–Crippen MR) is 97.1 cm³/mol. The topological polar surface area (TPSA) is 29.3 Å². The second-order valence-corrected chi connectivity index (χ2v) is 6.90. The monoisotopic (exact) mass is 338 g/mol. The van der Waals surface area contributed by atoms with E-state index in [1.54, 1.807) is 6.07 Å². The van der Waals surface area contributed by atoms with Gasteiger partial charge >= 0.3 is 0 Å². The van der Waals surface area contributed by atoms with Gasteiger partial charge in [0, 0.05) is 11.5 Å². The Kier molecular flexibility index (Phi) is 4.79. The van der Waals surface area contributed by atoms with Crippen molar-refractivity contribution in [2.75, 3.05) is 19.6 Å². The van der Waals surface area contributed by atoms with E-state index in [-0.39, 0.29) is 5.82 Å². The average Bonchev–Trinajstić information content (AvgIpc) is 3.05. The normalized spacial score (nSPS) is 16.5. The van der Waals surface area contributed by atoms with Gasteiger partial charge in [0.1, 0.15) is 5.82 Å². The van der Waals surface area contributed by atoms with Crippen molar-refractivity contribution < 1.29 is 8.91 Å². The molecule has 2 heterocycles. The maximum atomic E-state index is 13.2. The van der Waals surface area contributed by atoms with E-state index >= 15 is 0 Å². The number of benzene rings is 2. The van der Waals surface area contributed by atoms with E-state index in [2.05, 4.69) is 40.4 Å². The lowest BCUT2D eigenvalue weighted by atomic mass is 9.89. The summed E-state index contributed by atoms with van der Waals surface area (Å²) in [7, 11) is 0. The zero-order chi connectivity index (χ0) is 17.1. The summed E-state index contributed by atoms with van der Waals surface area (Å²) in [6.45, 7) is 3.39. The molecule has 0 unspecified atom stereocenters. The Morgan fingerprint density at radius 3 is 2.68 bits per heavy atom. The fourth-order valence-corrected chi connectivity index (χ4v) is 3.83. The second-order valence-electron chi connectivity index (χ2n) is 6.90. The predicted octanol–water partition coefficient (Wildman–Crippen LogP) is 4.78. The maximum absolute atomic E-state index is 13.2. The van der Waals surface area contributed by atoms with Crippen LogP contribution < -0.4 is 0 Å². The van der Waals surface area contributed by atoms with Gasteiger partial charge in [-0.1, -0.05) is 35.5 Å². The van der Waals surface area contributed by atoms with Gasteiger partial charge in [0.25, 0.3) is 0 Å². The molecule has 3 aromatic rings. The average molecular weight is 338 g/mol. The highest BCUT2D eigenvalue weighted by molar-refractivity contribution is 5.79. The number of rotatable bonds is 5. The Hall–Kier alpha value is -2.20. The van der Waals surface area contributed by atoms with Gasteiger partial charge in [0.15, 0.2) is 5.58 Å². The van der Waals surface area contributed by atoms with E-state index in [9.17, 15) is 4.39 Å². The SMILES string of the molecule is Fc1ccc2c(CCCN3CCC(c4ccccc4)CC3)noc2c1. The van der Waals surface area contributed by atoms with Crippen molar-refractivity contribution in [3.05, 3.63) is 65.6 Å². The third-order valence-electron chi connectivity index (χ3n) is 5.26. The van der Waals surface area contributed by atoms with E-state index in [1.165, 1.54) is 30.5 Å². The molecule has 4 heteroatoms. The van der Waals surface area contributed by atoms with Crippen molar-refractivity contribution in [2.45, 2.75) is 31.6 Å². The quantitative estimate of drug-likeness (QED) is 0.670. The van der Waals surface area contributed by atoms with Crippen LogP contribution >= 0.6 is 0 Å². The van der Waals surface area contributed by atoms with Gasteiger partial charge in [-0.05, 0) is 68.9 Å². The molecule has 130 valence electrons. The van der Waals surface area contributed by atoms with Crippen LogP contribution in [-0.4, -0.2) is 29.7 Å². The van der Waals surface area contributed by atoms with E-state index in [0.717, 1.165) is 43.6 Å². The van der Waals surface area contributed by atoms with Crippen LogP contribution in [-0.2, 0) is 6.42 Å². The summed E-state index contributed by atoms with van der Waals surface area (Å²) in [5, 5.41) is 5.05. The molecule has 25 heavy (non-hydrogen) atoms. The minimum Gasteiger partial charge on any atom is -0.356 e. The largest absolute Gasteiger partial charge is 0.356 e. The second kappa shape index (κ2) is 7.36. The Morgan fingerprint density at radius 1 is 1.08 bits per heavy atom. The molecule has 1 aliphatic heterocycles. The minimum absolute atomic E-state index is 0.281. The number of hydrogen-bond donors (Lipinski definition) is 0. The summed E-state index contributed by atoms with van der Waals surface area (Å²) in [4.78, 5) is 2.54. The van der Waals surface area contributed by atoms with E-state index < -0.39 is 0 Å². The van der Waals surface area contributed by atoms with Crippen molar-refractivity contribution in [1.82, 2.24) is 10.1 Å². The first-order chi connectivity index (χ1) is 12.3. The minimum atomic E-state index is -0.281. The third-order valence-corrected chi connectivity index (χ3v) is 5.26.